The van der Waals surface area contributed by atoms with E-state index >= 15 is 0 Å². The normalized spacial score (nSPS) is 13.0. The van der Waals surface area contributed by atoms with Gasteiger partial charge in [0.2, 0.25) is 0 Å². The van der Waals surface area contributed by atoms with Crippen molar-refractivity contribution in [3.05, 3.63) is 98.3 Å². The molecule has 0 saturated heterocycles. The highest BCUT2D eigenvalue weighted by Crippen LogP contribution is 2.37. The molecule has 1 aliphatic carbocycles. The molecule has 1 aliphatic rings. The van der Waals surface area contributed by atoms with E-state index in [1.165, 1.54) is 28.1 Å². The standard InChI is InChI=1S/C36H33N7O3S2/c1-19-7-9-21(13-26(19)28-14-22-17-37-35(47-5)39-30(22)41(3)33(28)45)32(44)43(24-11-12-24)25-10-8-20(2)27(16-25)29-15-23-18-38-36(48-6)40-31(23)42(4)34(29)46/h7-10,13-18,24H,11-12H2,1-6H3. The van der Waals surface area contributed by atoms with Crippen LogP contribution in [0.5, 0.6) is 0 Å². The second-order valence-electron chi connectivity index (χ2n) is 12.1. The Kier molecular flexibility index (Phi) is 8.16. The van der Waals surface area contributed by atoms with Gasteiger partial charge in [0.15, 0.2) is 10.3 Å². The molecule has 4 heterocycles. The van der Waals surface area contributed by atoms with Crippen LogP contribution in [0.15, 0.2) is 80.8 Å². The van der Waals surface area contributed by atoms with E-state index < -0.39 is 0 Å². The number of pyridine rings is 2. The predicted molar refractivity (Wildman–Crippen MR) is 193 cm³/mol. The average molecular weight is 676 g/mol. The quantitative estimate of drug-likeness (QED) is 0.145. The maximum absolute atomic E-state index is 14.4. The molecule has 0 atom stereocenters. The summed E-state index contributed by atoms with van der Waals surface area (Å²) in [5.41, 5.74) is 6.17. The second kappa shape index (κ2) is 12.3. The van der Waals surface area contributed by atoms with Crippen LogP contribution >= 0.6 is 23.5 Å². The first-order valence-corrected chi connectivity index (χ1v) is 17.9. The van der Waals surface area contributed by atoms with Crippen molar-refractivity contribution in [2.24, 2.45) is 14.1 Å². The zero-order valence-corrected chi connectivity index (χ0v) is 29.1. The Labute approximate surface area is 285 Å². The van der Waals surface area contributed by atoms with Crippen molar-refractivity contribution in [1.29, 1.82) is 0 Å². The highest BCUT2D eigenvalue weighted by Gasteiger charge is 2.35. The molecule has 1 amide bonds. The van der Waals surface area contributed by atoms with Crippen molar-refractivity contribution < 1.29 is 4.79 Å². The Balaban J connectivity index is 1.30. The minimum atomic E-state index is -0.199. The van der Waals surface area contributed by atoms with E-state index in [0.29, 0.717) is 49.5 Å². The number of benzene rings is 2. The summed E-state index contributed by atoms with van der Waals surface area (Å²) in [7, 11) is 3.42. The van der Waals surface area contributed by atoms with E-state index in [1.54, 1.807) is 37.1 Å². The van der Waals surface area contributed by atoms with Gasteiger partial charge in [0, 0.05) is 65.7 Å². The first-order valence-electron chi connectivity index (χ1n) is 15.5. The first-order chi connectivity index (χ1) is 23.1. The minimum Gasteiger partial charge on any atom is -0.305 e. The van der Waals surface area contributed by atoms with Crippen molar-refractivity contribution in [1.82, 2.24) is 29.1 Å². The van der Waals surface area contributed by atoms with Crippen molar-refractivity contribution in [3.8, 4) is 22.3 Å². The summed E-state index contributed by atoms with van der Waals surface area (Å²) in [6.45, 7) is 3.89. The molecule has 2 aromatic carbocycles. The predicted octanol–water partition coefficient (Wildman–Crippen LogP) is 6.17. The van der Waals surface area contributed by atoms with Crippen LogP contribution in [0.1, 0.15) is 34.3 Å². The fraction of sp³-hybridized carbons (Fsp3) is 0.250. The molecular weight excluding hydrogens is 643 g/mol. The van der Waals surface area contributed by atoms with Crippen LogP contribution in [0.2, 0.25) is 0 Å². The lowest BCUT2D eigenvalue weighted by molar-refractivity contribution is 0.0985. The number of aryl methyl sites for hydroxylation is 4. The van der Waals surface area contributed by atoms with E-state index in [4.69, 9.17) is 0 Å². The van der Waals surface area contributed by atoms with Gasteiger partial charge >= 0.3 is 0 Å². The molecule has 4 aromatic heterocycles. The van der Waals surface area contributed by atoms with Gasteiger partial charge in [-0.15, -0.1) is 0 Å². The van der Waals surface area contributed by atoms with Crippen LogP contribution < -0.4 is 16.0 Å². The van der Waals surface area contributed by atoms with Gasteiger partial charge in [0.1, 0.15) is 11.3 Å². The average Bonchev–Trinajstić information content (AvgIpc) is 3.94. The molecule has 0 unspecified atom stereocenters. The van der Waals surface area contributed by atoms with Crippen LogP contribution in [-0.4, -0.2) is 53.5 Å². The van der Waals surface area contributed by atoms with E-state index in [9.17, 15) is 14.4 Å². The number of hydrogen-bond donors (Lipinski definition) is 0. The summed E-state index contributed by atoms with van der Waals surface area (Å²) in [5.74, 6) is -0.163. The monoisotopic (exact) mass is 675 g/mol. The summed E-state index contributed by atoms with van der Waals surface area (Å²) in [6.07, 6.45) is 9.01. The Morgan fingerprint density at radius 1 is 0.729 bits per heavy atom. The number of anilines is 1. The van der Waals surface area contributed by atoms with Gasteiger partial charge in [-0.3, -0.25) is 23.5 Å². The number of nitrogens with zero attached hydrogens (tertiary/aromatic N) is 7. The highest BCUT2D eigenvalue weighted by molar-refractivity contribution is 7.98. The van der Waals surface area contributed by atoms with Gasteiger partial charge in [0.25, 0.3) is 17.0 Å². The largest absolute Gasteiger partial charge is 0.305 e. The Bertz CT molecular complexity index is 2420. The molecule has 0 N–H and O–H groups in total. The van der Waals surface area contributed by atoms with Crippen LogP contribution in [-0.2, 0) is 14.1 Å². The maximum Gasteiger partial charge on any atom is 0.259 e. The zero-order valence-electron chi connectivity index (χ0n) is 27.4. The Hall–Kier alpha value is -4.81. The third kappa shape index (κ3) is 5.48. The molecule has 0 aliphatic heterocycles. The Morgan fingerprint density at radius 2 is 1.23 bits per heavy atom. The van der Waals surface area contributed by atoms with E-state index in [2.05, 4.69) is 19.9 Å². The molecule has 10 nitrogen and oxygen atoms in total. The number of hydrogen-bond acceptors (Lipinski definition) is 9. The van der Waals surface area contributed by atoms with E-state index in [-0.39, 0.29) is 23.1 Å². The Morgan fingerprint density at radius 3 is 1.73 bits per heavy atom. The summed E-state index contributed by atoms with van der Waals surface area (Å²) in [5, 5.41) is 2.69. The number of amides is 1. The number of carbonyl (C=O) groups is 1. The van der Waals surface area contributed by atoms with Crippen LogP contribution in [0.4, 0.5) is 5.69 Å². The highest BCUT2D eigenvalue weighted by atomic mass is 32.2. The summed E-state index contributed by atoms with van der Waals surface area (Å²) >= 11 is 2.84. The molecule has 0 radical (unpaired) electrons. The molecule has 0 spiro atoms. The lowest BCUT2D eigenvalue weighted by Gasteiger charge is -2.24. The van der Waals surface area contributed by atoms with Gasteiger partial charge in [-0.2, -0.15) is 0 Å². The number of aromatic nitrogens is 6. The summed E-state index contributed by atoms with van der Waals surface area (Å²) in [6, 6.07) is 15.0. The first kappa shape index (κ1) is 31.8. The molecule has 242 valence electrons. The molecule has 1 saturated carbocycles. The number of fused-ring (bicyclic) bond motifs is 2. The van der Waals surface area contributed by atoms with E-state index in [1.807, 2.05) is 73.7 Å². The summed E-state index contributed by atoms with van der Waals surface area (Å²) in [4.78, 5) is 61.4. The molecule has 12 heteroatoms. The molecule has 6 aromatic rings. The van der Waals surface area contributed by atoms with Crippen LogP contribution in [0.25, 0.3) is 44.3 Å². The van der Waals surface area contributed by atoms with E-state index in [0.717, 1.165) is 40.3 Å². The van der Waals surface area contributed by atoms with Gasteiger partial charge < -0.3 is 4.90 Å². The van der Waals surface area contributed by atoms with Crippen molar-refractivity contribution >= 4 is 57.2 Å². The van der Waals surface area contributed by atoms with Crippen LogP contribution in [0, 0.1) is 13.8 Å². The van der Waals surface area contributed by atoms with Crippen LogP contribution in [0.3, 0.4) is 0 Å². The molecule has 7 rings (SSSR count). The van der Waals surface area contributed by atoms with Crippen molar-refractivity contribution in [3.63, 3.8) is 0 Å². The number of thioether (sulfide) groups is 2. The third-order valence-corrected chi connectivity index (χ3v) is 10.0. The second-order valence-corrected chi connectivity index (χ2v) is 13.6. The molecule has 0 bridgehead atoms. The fourth-order valence-electron chi connectivity index (χ4n) is 6.11. The smallest absolute Gasteiger partial charge is 0.259 e. The number of rotatable bonds is 7. The maximum atomic E-state index is 14.4. The summed E-state index contributed by atoms with van der Waals surface area (Å²) < 4.78 is 3.09. The van der Waals surface area contributed by atoms with Gasteiger partial charge in [-0.05, 0) is 97.9 Å². The fourth-order valence-corrected chi connectivity index (χ4v) is 6.78. The van der Waals surface area contributed by atoms with Gasteiger partial charge in [-0.25, -0.2) is 19.9 Å². The number of carbonyl (C=O) groups excluding carboxylic acids is 1. The molecule has 48 heavy (non-hydrogen) atoms. The van der Waals surface area contributed by atoms with Gasteiger partial charge in [0.05, 0.1) is 0 Å². The minimum absolute atomic E-state index is 0.0342. The van der Waals surface area contributed by atoms with Crippen molar-refractivity contribution in [2.75, 3.05) is 17.4 Å². The zero-order chi connectivity index (χ0) is 33.9. The van der Waals surface area contributed by atoms with Gasteiger partial charge in [-0.1, -0.05) is 35.7 Å². The lowest BCUT2D eigenvalue weighted by Crippen LogP contribution is -2.33. The SMILES string of the molecule is CSc1ncc2cc(-c3cc(C(=O)N(c4ccc(C)c(-c5cc6cnc(SC)nc6n(C)c5=O)c4)C4CC4)ccc3C)c(=O)n(C)c2n1. The topological polar surface area (TPSA) is 116 Å². The molecule has 1 fully saturated rings. The van der Waals surface area contributed by atoms with Crippen molar-refractivity contribution in [2.45, 2.75) is 43.0 Å². The lowest BCUT2D eigenvalue weighted by atomic mass is 9.97. The third-order valence-electron chi connectivity index (χ3n) is 8.91. The molecular formula is C36H33N7O3S2.